The Balaban J connectivity index is 1.41. The van der Waals surface area contributed by atoms with E-state index in [0.717, 1.165) is 32.4 Å². The van der Waals surface area contributed by atoms with Gasteiger partial charge in [-0.15, -0.1) is 0 Å². The summed E-state index contributed by atoms with van der Waals surface area (Å²) in [6.45, 7) is 4.83. The summed E-state index contributed by atoms with van der Waals surface area (Å²) in [4.78, 5) is 16.2. The van der Waals surface area contributed by atoms with Gasteiger partial charge in [0.25, 0.3) is 5.91 Å². The van der Waals surface area contributed by atoms with E-state index < -0.39 is 6.10 Å². The van der Waals surface area contributed by atoms with Crippen molar-refractivity contribution in [2.24, 2.45) is 0 Å². The van der Waals surface area contributed by atoms with Crippen LogP contribution in [0, 0.1) is 0 Å². The van der Waals surface area contributed by atoms with Crippen LogP contribution in [0.4, 0.5) is 0 Å². The number of aliphatic hydroxyl groups is 1. The van der Waals surface area contributed by atoms with E-state index in [1.165, 1.54) is 16.7 Å². The van der Waals surface area contributed by atoms with Gasteiger partial charge in [0.05, 0.1) is 6.10 Å². The molecular weight excluding hydrogens is 364 g/mol. The number of carbonyl (C=O) groups excluding carboxylic acids is 1. The zero-order valence-electron chi connectivity index (χ0n) is 17.5. The average molecular weight is 397 g/mol. The molecule has 1 atom stereocenters. The summed E-state index contributed by atoms with van der Waals surface area (Å²) in [7, 11) is 1.72. The fourth-order valence-corrected chi connectivity index (χ4v) is 3.75. The minimum absolute atomic E-state index is 0.0201. The van der Waals surface area contributed by atoms with Crippen molar-refractivity contribution >= 4 is 5.91 Å². The summed E-state index contributed by atoms with van der Waals surface area (Å²) in [5, 5.41) is 10.5. The predicted molar refractivity (Wildman–Crippen MR) is 115 cm³/mol. The summed E-state index contributed by atoms with van der Waals surface area (Å²) in [5.41, 5.74) is 4.04. The molecule has 1 unspecified atom stereocenters. The molecule has 1 aliphatic rings. The summed E-state index contributed by atoms with van der Waals surface area (Å²) in [6.07, 6.45) is 2.40. The maximum Gasteiger partial charge on any atom is 0.260 e. The molecule has 5 heteroatoms. The molecule has 1 aliphatic heterocycles. The number of hydrogen-bond donors (Lipinski definition) is 1. The first-order valence-corrected chi connectivity index (χ1v) is 10.5. The highest BCUT2D eigenvalue weighted by Crippen LogP contribution is 2.16. The van der Waals surface area contributed by atoms with Crippen molar-refractivity contribution in [1.82, 2.24) is 9.80 Å². The number of aliphatic hydroxyl groups excluding tert-OH is 1. The number of fused-ring (bicyclic) bond motifs is 1. The monoisotopic (exact) mass is 396 g/mol. The molecule has 0 aromatic heterocycles. The molecule has 3 rings (SSSR count). The Hall–Kier alpha value is -2.37. The van der Waals surface area contributed by atoms with Crippen molar-refractivity contribution in [1.29, 1.82) is 0 Å². The Morgan fingerprint density at radius 2 is 1.72 bits per heavy atom. The van der Waals surface area contributed by atoms with Crippen molar-refractivity contribution in [3.8, 4) is 5.75 Å². The van der Waals surface area contributed by atoms with E-state index in [2.05, 4.69) is 36.1 Å². The minimum atomic E-state index is -0.575. The molecule has 0 saturated heterocycles. The average Bonchev–Trinajstić information content (AvgIpc) is 2.94. The Morgan fingerprint density at radius 1 is 1.10 bits per heavy atom. The van der Waals surface area contributed by atoms with E-state index in [1.54, 1.807) is 11.9 Å². The van der Waals surface area contributed by atoms with Gasteiger partial charge in [-0.25, -0.2) is 0 Å². The van der Waals surface area contributed by atoms with Crippen molar-refractivity contribution in [3.05, 3.63) is 65.2 Å². The van der Waals surface area contributed by atoms with Gasteiger partial charge in [0.2, 0.25) is 0 Å². The van der Waals surface area contributed by atoms with E-state index in [1.807, 2.05) is 24.3 Å². The van der Waals surface area contributed by atoms with Crippen LogP contribution in [0.3, 0.4) is 0 Å². The smallest absolute Gasteiger partial charge is 0.260 e. The van der Waals surface area contributed by atoms with Gasteiger partial charge >= 0.3 is 0 Å². The molecule has 1 N–H and O–H groups in total. The standard InChI is InChI=1S/C24H32N2O3/c1-3-19-8-10-23(11-9-19)29-18-24(28)25(2)16-22(27)17-26-14-12-20-6-4-5-7-21(20)13-15-26/h4-11,22,27H,3,12-18H2,1-2H3. The lowest BCUT2D eigenvalue weighted by Gasteiger charge is -2.26. The largest absolute Gasteiger partial charge is 0.484 e. The molecule has 0 spiro atoms. The molecule has 1 amide bonds. The highest BCUT2D eigenvalue weighted by atomic mass is 16.5. The first-order valence-electron chi connectivity index (χ1n) is 10.5. The molecule has 156 valence electrons. The van der Waals surface area contributed by atoms with Crippen LogP contribution in [0.1, 0.15) is 23.6 Å². The topological polar surface area (TPSA) is 53.0 Å². The van der Waals surface area contributed by atoms with Gasteiger partial charge < -0.3 is 19.6 Å². The number of likely N-dealkylation sites (N-methyl/N-ethyl adjacent to an activating group) is 1. The van der Waals surface area contributed by atoms with Crippen LogP contribution in [0.25, 0.3) is 0 Å². The Morgan fingerprint density at radius 3 is 2.31 bits per heavy atom. The Bertz CT molecular complexity index is 764. The van der Waals surface area contributed by atoms with Crippen LogP contribution in [-0.4, -0.2) is 66.8 Å². The first-order chi connectivity index (χ1) is 14.0. The number of nitrogens with zero attached hydrogens (tertiary/aromatic N) is 2. The van der Waals surface area contributed by atoms with E-state index in [9.17, 15) is 9.90 Å². The zero-order valence-corrected chi connectivity index (χ0v) is 17.5. The summed E-state index contributed by atoms with van der Waals surface area (Å²) < 4.78 is 5.59. The molecule has 0 aliphatic carbocycles. The van der Waals surface area contributed by atoms with Gasteiger partial charge in [-0.05, 0) is 48.1 Å². The van der Waals surface area contributed by atoms with Crippen LogP contribution in [0.5, 0.6) is 5.75 Å². The van der Waals surface area contributed by atoms with Crippen LogP contribution >= 0.6 is 0 Å². The second-order valence-corrected chi connectivity index (χ2v) is 7.78. The number of hydrogen-bond acceptors (Lipinski definition) is 4. The number of benzene rings is 2. The second kappa shape index (κ2) is 10.4. The van der Waals surface area contributed by atoms with E-state index >= 15 is 0 Å². The zero-order chi connectivity index (χ0) is 20.6. The quantitative estimate of drug-likeness (QED) is 0.745. The highest BCUT2D eigenvalue weighted by Gasteiger charge is 2.19. The third-order valence-electron chi connectivity index (χ3n) is 5.59. The van der Waals surface area contributed by atoms with Gasteiger partial charge in [0, 0.05) is 33.2 Å². The summed E-state index contributed by atoms with van der Waals surface area (Å²) >= 11 is 0. The molecule has 1 heterocycles. The minimum Gasteiger partial charge on any atom is -0.484 e. The van der Waals surface area contributed by atoms with Crippen molar-refractivity contribution in [2.75, 3.05) is 39.8 Å². The van der Waals surface area contributed by atoms with Gasteiger partial charge in [-0.3, -0.25) is 4.79 Å². The number of rotatable bonds is 8. The van der Waals surface area contributed by atoms with Crippen LogP contribution in [-0.2, 0) is 24.1 Å². The molecule has 0 radical (unpaired) electrons. The third-order valence-corrected chi connectivity index (χ3v) is 5.59. The fraction of sp³-hybridized carbons (Fsp3) is 0.458. The number of ether oxygens (including phenoxy) is 1. The summed E-state index contributed by atoms with van der Waals surface area (Å²) in [6, 6.07) is 16.3. The first kappa shape index (κ1) is 21.3. The molecule has 0 bridgehead atoms. The second-order valence-electron chi connectivity index (χ2n) is 7.78. The Labute approximate surface area is 173 Å². The van der Waals surface area contributed by atoms with E-state index in [-0.39, 0.29) is 12.5 Å². The maximum atomic E-state index is 12.3. The normalized spacial score (nSPS) is 15.3. The van der Waals surface area contributed by atoms with Gasteiger partial charge in [-0.1, -0.05) is 43.3 Å². The molecule has 5 nitrogen and oxygen atoms in total. The lowest BCUT2D eigenvalue weighted by molar-refractivity contribution is -0.133. The number of carbonyl (C=O) groups is 1. The Kier molecular flexibility index (Phi) is 7.67. The molecule has 2 aromatic carbocycles. The van der Waals surface area contributed by atoms with Crippen molar-refractivity contribution < 1.29 is 14.6 Å². The number of β-amino-alcohol motifs (C(OH)–C–C–N with tert-alkyl or cyclic N) is 1. The highest BCUT2D eigenvalue weighted by molar-refractivity contribution is 5.77. The predicted octanol–water partition coefficient (Wildman–Crippen LogP) is 2.55. The SMILES string of the molecule is CCc1ccc(OCC(=O)N(C)CC(O)CN2CCc3ccccc3CC2)cc1. The molecule has 2 aromatic rings. The lowest BCUT2D eigenvalue weighted by Crippen LogP contribution is -2.43. The lowest BCUT2D eigenvalue weighted by atomic mass is 10.0. The van der Waals surface area contributed by atoms with Gasteiger partial charge in [-0.2, -0.15) is 0 Å². The molecule has 29 heavy (non-hydrogen) atoms. The van der Waals surface area contributed by atoms with Crippen molar-refractivity contribution in [3.63, 3.8) is 0 Å². The van der Waals surface area contributed by atoms with Crippen LogP contribution in [0.15, 0.2) is 48.5 Å². The molecular formula is C24H32N2O3. The van der Waals surface area contributed by atoms with E-state index in [0.29, 0.717) is 18.8 Å². The number of aryl methyl sites for hydroxylation is 1. The van der Waals surface area contributed by atoms with Crippen LogP contribution in [0.2, 0.25) is 0 Å². The molecule has 0 fully saturated rings. The fourth-order valence-electron chi connectivity index (χ4n) is 3.75. The molecule has 0 saturated carbocycles. The summed E-state index contributed by atoms with van der Waals surface area (Å²) in [5.74, 6) is 0.556. The van der Waals surface area contributed by atoms with E-state index in [4.69, 9.17) is 4.74 Å². The van der Waals surface area contributed by atoms with Crippen molar-refractivity contribution in [2.45, 2.75) is 32.3 Å². The number of amides is 1. The third kappa shape index (κ3) is 6.31. The van der Waals surface area contributed by atoms with Gasteiger partial charge in [0.15, 0.2) is 6.61 Å². The van der Waals surface area contributed by atoms with Gasteiger partial charge in [0.1, 0.15) is 5.75 Å². The maximum absolute atomic E-state index is 12.3. The van der Waals surface area contributed by atoms with Crippen LogP contribution < -0.4 is 4.74 Å².